The molecule has 1 aromatic heterocycles. The fourth-order valence-electron chi connectivity index (χ4n) is 0.866. The molecule has 0 saturated heterocycles. The van der Waals surface area contributed by atoms with E-state index in [-0.39, 0.29) is 0 Å². The first-order chi connectivity index (χ1) is 6.09. The van der Waals surface area contributed by atoms with Crippen molar-refractivity contribution in [2.75, 3.05) is 14.1 Å². The molecule has 0 aromatic carbocycles. The minimum Gasteiger partial charge on any atom is -0.369 e. The Labute approximate surface area is 78.7 Å². The van der Waals surface area contributed by atoms with Crippen molar-refractivity contribution < 1.29 is 0 Å². The van der Waals surface area contributed by atoms with Gasteiger partial charge in [-0.2, -0.15) is 5.10 Å². The van der Waals surface area contributed by atoms with Crippen LogP contribution in [0.2, 0.25) is 0 Å². The Hall–Kier alpha value is -1.32. The number of aromatic nitrogens is 2. The van der Waals surface area contributed by atoms with Crippen molar-refractivity contribution in [3.05, 3.63) is 11.8 Å². The first-order valence-corrected chi connectivity index (χ1v) is 4.35. The number of nitrogens with zero attached hydrogens (tertiary/aromatic N) is 3. The molecule has 4 nitrogen and oxygen atoms in total. The zero-order chi connectivity index (χ0) is 9.84. The number of rotatable bonds is 3. The summed E-state index contributed by atoms with van der Waals surface area (Å²) in [6.45, 7) is 4.21. The quantitative estimate of drug-likeness (QED) is 0.569. The molecule has 0 aliphatic rings. The molecule has 0 aliphatic heterocycles. The van der Waals surface area contributed by atoms with Gasteiger partial charge in [-0.3, -0.25) is 5.10 Å². The van der Waals surface area contributed by atoms with Crippen LogP contribution in [0.1, 0.15) is 25.5 Å². The van der Waals surface area contributed by atoms with Gasteiger partial charge >= 0.3 is 0 Å². The Balaban J connectivity index is 2.69. The number of aromatic amines is 1. The van der Waals surface area contributed by atoms with E-state index in [2.05, 4.69) is 29.0 Å². The first kappa shape index (κ1) is 9.77. The van der Waals surface area contributed by atoms with Crippen LogP contribution in [0.5, 0.6) is 0 Å². The molecule has 0 saturated carbocycles. The maximum Gasteiger partial charge on any atom is 0.149 e. The third-order valence-corrected chi connectivity index (χ3v) is 1.60. The normalized spacial score (nSPS) is 11.5. The Morgan fingerprint density at radius 1 is 1.54 bits per heavy atom. The molecule has 4 heteroatoms. The SMILES string of the molecule is CC(C)c1cc(N=CN(C)C)[nH]n1. The molecule has 0 fully saturated rings. The van der Waals surface area contributed by atoms with E-state index in [4.69, 9.17) is 0 Å². The van der Waals surface area contributed by atoms with Crippen molar-refractivity contribution >= 4 is 12.2 Å². The van der Waals surface area contributed by atoms with Crippen LogP contribution >= 0.6 is 0 Å². The molecular weight excluding hydrogens is 164 g/mol. The van der Waals surface area contributed by atoms with Crippen molar-refractivity contribution in [2.45, 2.75) is 19.8 Å². The molecule has 0 radical (unpaired) electrons. The van der Waals surface area contributed by atoms with E-state index >= 15 is 0 Å². The van der Waals surface area contributed by atoms with Gasteiger partial charge < -0.3 is 4.90 Å². The van der Waals surface area contributed by atoms with Crippen LogP contribution in [0.25, 0.3) is 0 Å². The van der Waals surface area contributed by atoms with E-state index in [0.29, 0.717) is 5.92 Å². The summed E-state index contributed by atoms with van der Waals surface area (Å²) < 4.78 is 0. The third kappa shape index (κ3) is 2.89. The van der Waals surface area contributed by atoms with Crippen molar-refractivity contribution in [2.24, 2.45) is 4.99 Å². The van der Waals surface area contributed by atoms with Crippen LogP contribution in [0.3, 0.4) is 0 Å². The average molecular weight is 180 g/mol. The molecule has 1 rings (SSSR count). The van der Waals surface area contributed by atoms with Gasteiger partial charge in [-0.1, -0.05) is 13.8 Å². The highest BCUT2D eigenvalue weighted by Crippen LogP contribution is 2.16. The fraction of sp³-hybridized carbons (Fsp3) is 0.556. The van der Waals surface area contributed by atoms with Crippen molar-refractivity contribution in [1.29, 1.82) is 0 Å². The van der Waals surface area contributed by atoms with Gasteiger partial charge in [0.15, 0.2) is 0 Å². The highest BCUT2D eigenvalue weighted by atomic mass is 15.2. The molecular formula is C9H16N4. The second-order valence-electron chi connectivity index (χ2n) is 3.54. The molecule has 0 aliphatic carbocycles. The second kappa shape index (κ2) is 4.07. The lowest BCUT2D eigenvalue weighted by Gasteiger charge is -2.00. The molecule has 0 spiro atoms. The molecule has 1 aromatic rings. The summed E-state index contributed by atoms with van der Waals surface area (Å²) in [7, 11) is 3.87. The largest absolute Gasteiger partial charge is 0.369 e. The molecule has 0 amide bonds. The average Bonchev–Trinajstić information content (AvgIpc) is 2.48. The molecule has 0 bridgehead atoms. The summed E-state index contributed by atoms with van der Waals surface area (Å²) in [4.78, 5) is 6.08. The van der Waals surface area contributed by atoms with Gasteiger partial charge in [-0.25, -0.2) is 4.99 Å². The molecule has 72 valence electrons. The molecule has 0 unspecified atom stereocenters. The van der Waals surface area contributed by atoms with Crippen LogP contribution in [0.15, 0.2) is 11.1 Å². The smallest absolute Gasteiger partial charge is 0.149 e. The summed E-state index contributed by atoms with van der Waals surface area (Å²) in [6, 6.07) is 1.96. The van der Waals surface area contributed by atoms with Gasteiger partial charge in [0.1, 0.15) is 5.82 Å². The Kier molecular flexibility index (Phi) is 3.06. The number of aliphatic imine (C=N–C) groups is 1. The number of hydrogen-bond donors (Lipinski definition) is 1. The van der Waals surface area contributed by atoms with Gasteiger partial charge in [0.05, 0.1) is 12.0 Å². The number of nitrogens with one attached hydrogen (secondary N) is 1. The van der Waals surface area contributed by atoms with Crippen molar-refractivity contribution in [3.8, 4) is 0 Å². The number of H-pyrrole nitrogens is 1. The maximum absolute atomic E-state index is 4.19. The predicted octanol–water partition coefficient (Wildman–Crippen LogP) is 1.75. The molecule has 1 heterocycles. The first-order valence-electron chi connectivity index (χ1n) is 4.35. The predicted molar refractivity (Wildman–Crippen MR) is 54.5 cm³/mol. The monoisotopic (exact) mass is 180 g/mol. The third-order valence-electron chi connectivity index (χ3n) is 1.60. The van der Waals surface area contributed by atoms with E-state index in [1.54, 1.807) is 6.34 Å². The minimum atomic E-state index is 0.444. The van der Waals surface area contributed by atoms with E-state index in [1.165, 1.54) is 0 Å². The highest BCUT2D eigenvalue weighted by Gasteiger charge is 2.02. The van der Waals surface area contributed by atoms with Crippen LogP contribution in [-0.2, 0) is 0 Å². The lowest BCUT2D eigenvalue weighted by atomic mass is 10.1. The molecule has 1 N–H and O–H groups in total. The van der Waals surface area contributed by atoms with Gasteiger partial charge in [-0.05, 0) is 5.92 Å². The highest BCUT2D eigenvalue weighted by molar-refractivity contribution is 5.58. The summed E-state index contributed by atoms with van der Waals surface area (Å²) >= 11 is 0. The lowest BCUT2D eigenvalue weighted by Crippen LogP contribution is -2.06. The Morgan fingerprint density at radius 2 is 2.23 bits per heavy atom. The number of hydrogen-bond acceptors (Lipinski definition) is 2. The van der Waals surface area contributed by atoms with Gasteiger partial charge in [0.25, 0.3) is 0 Å². The maximum atomic E-state index is 4.19. The van der Waals surface area contributed by atoms with Crippen LogP contribution < -0.4 is 0 Å². The summed E-state index contributed by atoms with van der Waals surface area (Å²) in [5, 5.41) is 7.00. The van der Waals surface area contributed by atoms with Crippen molar-refractivity contribution in [1.82, 2.24) is 15.1 Å². The molecule has 13 heavy (non-hydrogen) atoms. The van der Waals surface area contributed by atoms with Crippen LogP contribution in [-0.4, -0.2) is 35.5 Å². The van der Waals surface area contributed by atoms with Crippen LogP contribution in [0, 0.1) is 0 Å². The standard InChI is InChI=1S/C9H16N4/c1-7(2)8-5-9(12-11-8)10-6-13(3)4/h5-7H,1-4H3,(H,11,12). The molecule has 0 atom stereocenters. The van der Waals surface area contributed by atoms with Crippen LogP contribution in [0.4, 0.5) is 5.82 Å². The van der Waals surface area contributed by atoms with Gasteiger partial charge in [0, 0.05) is 20.2 Å². The van der Waals surface area contributed by atoms with E-state index in [1.807, 2.05) is 25.1 Å². The Bertz CT molecular complexity index is 286. The summed E-state index contributed by atoms with van der Waals surface area (Å²) in [5.41, 5.74) is 1.05. The zero-order valence-electron chi connectivity index (χ0n) is 8.57. The van der Waals surface area contributed by atoms with Gasteiger partial charge in [-0.15, -0.1) is 0 Å². The lowest BCUT2D eigenvalue weighted by molar-refractivity contribution is 0.643. The summed E-state index contributed by atoms with van der Waals surface area (Å²) in [6.07, 6.45) is 1.75. The fourth-order valence-corrected chi connectivity index (χ4v) is 0.866. The zero-order valence-corrected chi connectivity index (χ0v) is 8.57. The van der Waals surface area contributed by atoms with E-state index in [9.17, 15) is 0 Å². The van der Waals surface area contributed by atoms with Crippen molar-refractivity contribution in [3.63, 3.8) is 0 Å². The minimum absolute atomic E-state index is 0.444. The second-order valence-corrected chi connectivity index (χ2v) is 3.54. The van der Waals surface area contributed by atoms with E-state index < -0.39 is 0 Å². The topological polar surface area (TPSA) is 44.3 Å². The van der Waals surface area contributed by atoms with E-state index in [0.717, 1.165) is 11.5 Å². The Morgan fingerprint density at radius 3 is 2.69 bits per heavy atom. The van der Waals surface area contributed by atoms with Gasteiger partial charge in [0.2, 0.25) is 0 Å². The summed E-state index contributed by atoms with van der Waals surface area (Å²) in [5.74, 6) is 1.25.